The Morgan fingerprint density at radius 1 is 1.22 bits per heavy atom. The molecule has 2 nitrogen and oxygen atoms in total. The van der Waals surface area contributed by atoms with Crippen molar-refractivity contribution in [3.8, 4) is 0 Å². The number of halogens is 1. The molecule has 2 rings (SSSR count). The molecule has 0 aliphatic heterocycles. The van der Waals surface area contributed by atoms with Crippen molar-refractivity contribution in [3.05, 3.63) is 64.4 Å². The van der Waals surface area contributed by atoms with Gasteiger partial charge in [0.25, 0.3) is 0 Å². The molecule has 0 spiro atoms. The summed E-state index contributed by atoms with van der Waals surface area (Å²) in [6.45, 7) is 2.07. The van der Waals surface area contributed by atoms with E-state index in [0.717, 1.165) is 23.1 Å². The Balaban J connectivity index is 2.16. The molecule has 2 aromatic rings. The second-order valence-electron chi connectivity index (χ2n) is 4.27. The van der Waals surface area contributed by atoms with Gasteiger partial charge in [-0.15, -0.1) is 0 Å². The number of aliphatic hydroxyl groups excluding tert-OH is 1. The molecule has 1 heterocycles. The molecule has 18 heavy (non-hydrogen) atoms. The van der Waals surface area contributed by atoms with Gasteiger partial charge in [-0.3, -0.25) is 4.98 Å². The van der Waals surface area contributed by atoms with Crippen LogP contribution in [0.25, 0.3) is 0 Å². The molecule has 0 aliphatic rings. The molecule has 0 radical (unpaired) electrons. The lowest BCUT2D eigenvalue weighted by atomic mass is 9.97. The average Bonchev–Trinajstić information content (AvgIpc) is 2.41. The summed E-state index contributed by atoms with van der Waals surface area (Å²) >= 11 is 5.84. The first-order valence-electron chi connectivity index (χ1n) is 6.06. The maximum atomic E-state index is 10.3. The molecule has 1 aromatic carbocycles. The van der Waals surface area contributed by atoms with Gasteiger partial charge in [-0.1, -0.05) is 30.7 Å². The lowest BCUT2D eigenvalue weighted by molar-refractivity contribution is 0.177. The Kier molecular flexibility index (Phi) is 4.34. The predicted octanol–water partition coefficient (Wildman–Crippen LogP) is 3.57. The number of nitrogens with zero attached hydrogens (tertiary/aromatic N) is 1. The van der Waals surface area contributed by atoms with Crippen LogP contribution in [0.1, 0.15) is 29.7 Å². The fourth-order valence-electron chi connectivity index (χ4n) is 2.01. The minimum absolute atomic E-state index is 0.496. The maximum absolute atomic E-state index is 10.3. The fourth-order valence-corrected chi connectivity index (χ4v) is 2.14. The molecule has 94 valence electrons. The summed E-state index contributed by atoms with van der Waals surface area (Å²) in [7, 11) is 0. The highest BCUT2D eigenvalue weighted by Gasteiger charge is 2.12. The van der Waals surface area contributed by atoms with Crippen molar-refractivity contribution in [1.82, 2.24) is 4.98 Å². The number of rotatable bonds is 4. The van der Waals surface area contributed by atoms with E-state index in [1.807, 2.05) is 36.5 Å². The standard InChI is InChI=1S/C15H16ClNO/c1-2-12-10-17-8-7-14(12)15(18)9-11-3-5-13(16)6-4-11/h3-8,10,15,18H,2,9H2,1H3. The molecule has 0 saturated heterocycles. The van der Waals surface area contributed by atoms with E-state index in [-0.39, 0.29) is 0 Å². The van der Waals surface area contributed by atoms with Crippen LogP contribution in [0.3, 0.4) is 0 Å². The Hall–Kier alpha value is -1.38. The van der Waals surface area contributed by atoms with Crippen molar-refractivity contribution >= 4 is 11.6 Å². The molecule has 1 unspecified atom stereocenters. The maximum Gasteiger partial charge on any atom is 0.0834 e. The van der Waals surface area contributed by atoms with Crippen LogP contribution in [0.5, 0.6) is 0 Å². The predicted molar refractivity (Wildman–Crippen MR) is 73.7 cm³/mol. The first kappa shape index (κ1) is 13.1. The largest absolute Gasteiger partial charge is 0.388 e. The highest BCUT2D eigenvalue weighted by Crippen LogP contribution is 2.22. The summed E-state index contributed by atoms with van der Waals surface area (Å²) in [6.07, 6.45) is 4.51. The summed E-state index contributed by atoms with van der Waals surface area (Å²) in [6, 6.07) is 9.46. The number of hydrogen-bond donors (Lipinski definition) is 1. The molecular weight excluding hydrogens is 246 g/mol. The van der Waals surface area contributed by atoms with Crippen molar-refractivity contribution < 1.29 is 5.11 Å². The van der Waals surface area contributed by atoms with Crippen LogP contribution in [0.15, 0.2) is 42.7 Å². The average molecular weight is 262 g/mol. The SMILES string of the molecule is CCc1cnccc1C(O)Cc1ccc(Cl)cc1. The zero-order chi connectivity index (χ0) is 13.0. The van der Waals surface area contributed by atoms with E-state index in [4.69, 9.17) is 11.6 Å². The molecule has 0 aliphatic carbocycles. The molecular formula is C15H16ClNO. The van der Waals surface area contributed by atoms with Crippen molar-refractivity contribution in [2.24, 2.45) is 0 Å². The van der Waals surface area contributed by atoms with E-state index < -0.39 is 6.10 Å². The van der Waals surface area contributed by atoms with Crippen LogP contribution in [-0.2, 0) is 12.8 Å². The zero-order valence-electron chi connectivity index (χ0n) is 10.3. The number of aliphatic hydroxyl groups is 1. The molecule has 3 heteroatoms. The van der Waals surface area contributed by atoms with Gasteiger partial charge in [0.2, 0.25) is 0 Å². The van der Waals surface area contributed by atoms with E-state index in [0.29, 0.717) is 11.4 Å². The monoisotopic (exact) mass is 261 g/mol. The zero-order valence-corrected chi connectivity index (χ0v) is 11.1. The van der Waals surface area contributed by atoms with Crippen molar-refractivity contribution in [3.63, 3.8) is 0 Å². The third kappa shape index (κ3) is 3.09. The van der Waals surface area contributed by atoms with Crippen LogP contribution in [-0.4, -0.2) is 10.1 Å². The molecule has 0 bridgehead atoms. The van der Waals surface area contributed by atoms with Gasteiger partial charge in [0.15, 0.2) is 0 Å². The van der Waals surface area contributed by atoms with E-state index in [1.54, 1.807) is 6.20 Å². The minimum atomic E-state index is -0.496. The molecule has 1 atom stereocenters. The lowest BCUT2D eigenvalue weighted by Gasteiger charge is -2.14. The lowest BCUT2D eigenvalue weighted by Crippen LogP contribution is -2.05. The van der Waals surface area contributed by atoms with Crippen molar-refractivity contribution in [2.75, 3.05) is 0 Å². The van der Waals surface area contributed by atoms with Crippen LogP contribution in [0.4, 0.5) is 0 Å². The van der Waals surface area contributed by atoms with Gasteiger partial charge in [0, 0.05) is 23.8 Å². The van der Waals surface area contributed by atoms with Crippen LogP contribution in [0, 0.1) is 0 Å². The highest BCUT2D eigenvalue weighted by molar-refractivity contribution is 6.30. The Bertz CT molecular complexity index is 510. The van der Waals surface area contributed by atoms with Crippen LogP contribution >= 0.6 is 11.6 Å². The fraction of sp³-hybridized carbons (Fsp3) is 0.267. The normalized spacial score (nSPS) is 12.4. The number of aromatic nitrogens is 1. The van der Waals surface area contributed by atoms with E-state index in [1.165, 1.54) is 0 Å². The summed E-state index contributed by atoms with van der Waals surface area (Å²) < 4.78 is 0. The third-order valence-electron chi connectivity index (χ3n) is 3.02. The third-order valence-corrected chi connectivity index (χ3v) is 3.28. The van der Waals surface area contributed by atoms with Crippen LogP contribution in [0.2, 0.25) is 5.02 Å². The van der Waals surface area contributed by atoms with Gasteiger partial charge in [0.1, 0.15) is 0 Å². The number of aryl methyl sites for hydroxylation is 1. The summed E-state index contributed by atoms with van der Waals surface area (Å²) in [5, 5.41) is 11.0. The minimum Gasteiger partial charge on any atom is -0.388 e. The quantitative estimate of drug-likeness (QED) is 0.913. The van der Waals surface area contributed by atoms with E-state index in [9.17, 15) is 5.11 Å². The van der Waals surface area contributed by atoms with Gasteiger partial charge in [-0.25, -0.2) is 0 Å². The molecule has 0 saturated carbocycles. The molecule has 0 amide bonds. The van der Waals surface area contributed by atoms with Gasteiger partial charge < -0.3 is 5.11 Å². The van der Waals surface area contributed by atoms with Crippen molar-refractivity contribution in [1.29, 1.82) is 0 Å². The Morgan fingerprint density at radius 2 is 1.94 bits per heavy atom. The number of benzene rings is 1. The molecule has 1 aromatic heterocycles. The summed E-state index contributed by atoms with van der Waals surface area (Å²) in [5.74, 6) is 0. The van der Waals surface area contributed by atoms with E-state index >= 15 is 0 Å². The highest BCUT2D eigenvalue weighted by atomic mass is 35.5. The first-order chi connectivity index (χ1) is 8.70. The Morgan fingerprint density at radius 3 is 2.61 bits per heavy atom. The number of hydrogen-bond acceptors (Lipinski definition) is 2. The van der Waals surface area contributed by atoms with Gasteiger partial charge in [-0.05, 0) is 41.3 Å². The van der Waals surface area contributed by atoms with Crippen LogP contribution < -0.4 is 0 Å². The van der Waals surface area contributed by atoms with Crippen molar-refractivity contribution in [2.45, 2.75) is 25.9 Å². The Labute approximate surface area is 112 Å². The smallest absolute Gasteiger partial charge is 0.0834 e. The topological polar surface area (TPSA) is 33.1 Å². The van der Waals surface area contributed by atoms with Gasteiger partial charge in [0.05, 0.1) is 6.10 Å². The molecule has 0 fully saturated rings. The summed E-state index contributed by atoms with van der Waals surface area (Å²) in [4.78, 5) is 4.09. The summed E-state index contributed by atoms with van der Waals surface area (Å²) in [5.41, 5.74) is 3.13. The second kappa shape index (κ2) is 5.98. The molecule has 1 N–H and O–H groups in total. The van der Waals surface area contributed by atoms with Gasteiger partial charge in [-0.2, -0.15) is 0 Å². The second-order valence-corrected chi connectivity index (χ2v) is 4.71. The number of pyridine rings is 1. The van der Waals surface area contributed by atoms with Gasteiger partial charge >= 0.3 is 0 Å². The van der Waals surface area contributed by atoms with E-state index in [2.05, 4.69) is 11.9 Å². The first-order valence-corrected chi connectivity index (χ1v) is 6.43.